The number of dihydropyridines is 1. The average molecular weight is 395 g/mol. The minimum Gasteiger partial charge on any atom is -0.497 e. The van der Waals surface area contributed by atoms with E-state index in [1.165, 1.54) is 5.56 Å². The van der Waals surface area contributed by atoms with Gasteiger partial charge in [-0.3, -0.25) is 0 Å². The fourth-order valence-corrected chi connectivity index (χ4v) is 3.65. The van der Waals surface area contributed by atoms with E-state index in [2.05, 4.69) is 5.32 Å². The van der Waals surface area contributed by atoms with Crippen LogP contribution in [-0.4, -0.2) is 36.6 Å². The molecular formula is C24H29NO4. The van der Waals surface area contributed by atoms with Crippen LogP contribution in [0.15, 0.2) is 77.2 Å². The smallest absolute Gasteiger partial charge is 0.144 e. The van der Waals surface area contributed by atoms with Crippen LogP contribution < -0.4 is 10.1 Å². The number of allylic oxidation sites excluding steroid dienone is 1. The molecule has 0 bridgehead atoms. The molecule has 1 unspecified atom stereocenters. The summed E-state index contributed by atoms with van der Waals surface area (Å²) in [5.74, 6) is 1.46. The lowest BCUT2D eigenvalue weighted by Gasteiger charge is -2.32. The number of benzene rings is 2. The monoisotopic (exact) mass is 395 g/mol. The van der Waals surface area contributed by atoms with Crippen molar-refractivity contribution in [3.05, 3.63) is 88.3 Å². The quantitative estimate of drug-likeness (QED) is 0.608. The van der Waals surface area contributed by atoms with Crippen molar-refractivity contribution >= 4 is 0 Å². The second-order valence-corrected chi connectivity index (χ2v) is 7.13. The fourth-order valence-electron chi connectivity index (χ4n) is 3.65. The molecule has 154 valence electrons. The number of methoxy groups -OCH3 is 1. The van der Waals surface area contributed by atoms with Crippen LogP contribution in [0.5, 0.6) is 5.75 Å². The van der Waals surface area contributed by atoms with Gasteiger partial charge in [-0.15, -0.1) is 0 Å². The van der Waals surface area contributed by atoms with Gasteiger partial charge in [-0.05, 0) is 48.6 Å². The molecule has 0 aromatic heterocycles. The Hall–Kier alpha value is -2.76. The molecular weight excluding hydrogens is 366 g/mol. The number of aliphatic hydroxyl groups excluding tert-OH is 2. The third kappa shape index (κ3) is 5.19. The van der Waals surface area contributed by atoms with Gasteiger partial charge in [-0.25, -0.2) is 0 Å². The molecule has 1 aliphatic heterocycles. The van der Waals surface area contributed by atoms with Gasteiger partial charge in [-0.2, -0.15) is 0 Å². The van der Waals surface area contributed by atoms with Crippen LogP contribution in [0.4, 0.5) is 0 Å². The van der Waals surface area contributed by atoms with Gasteiger partial charge in [0.25, 0.3) is 0 Å². The largest absolute Gasteiger partial charge is 0.497 e. The van der Waals surface area contributed by atoms with Crippen LogP contribution in [0.2, 0.25) is 0 Å². The molecule has 0 amide bonds. The molecule has 3 N–H and O–H groups in total. The van der Waals surface area contributed by atoms with E-state index >= 15 is 0 Å². The lowest BCUT2D eigenvalue weighted by Crippen LogP contribution is -2.37. The number of ether oxygens (including phenoxy) is 2. The average Bonchev–Trinajstić information content (AvgIpc) is 2.77. The second kappa shape index (κ2) is 10.1. The maximum absolute atomic E-state index is 10.0. The number of rotatable bonds is 9. The zero-order valence-corrected chi connectivity index (χ0v) is 17.0. The molecule has 0 fully saturated rings. The number of aryl methyl sites for hydroxylation is 1. The van der Waals surface area contributed by atoms with Gasteiger partial charge < -0.3 is 25.0 Å². The van der Waals surface area contributed by atoms with Crippen molar-refractivity contribution in [2.45, 2.75) is 32.4 Å². The van der Waals surface area contributed by atoms with E-state index in [1.807, 2.05) is 61.5 Å². The van der Waals surface area contributed by atoms with E-state index in [4.69, 9.17) is 9.47 Å². The van der Waals surface area contributed by atoms with Crippen LogP contribution in [0.3, 0.4) is 0 Å². The highest BCUT2D eigenvalue weighted by Gasteiger charge is 2.27. The minimum absolute atomic E-state index is 0.0478. The first-order valence-electron chi connectivity index (χ1n) is 9.87. The summed E-state index contributed by atoms with van der Waals surface area (Å²) < 4.78 is 11.2. The second-order valence-electron chi connectivity index (χ2n) is 7.13. The van der Waals surface area contributed by atoms with Crippen molar-refractivity contribution in [1.29, 1.82) is 0 Å². The van der Waals surface area contributed by atoms with Gasteiger partial charge >= 0.3 is 0 Å². The van der Waals surface area contributed by atoms with E-state index in [9.17, 15) is 10.2 Å². The molecule has 29 heavy (non-hydrogen) atoms. The zero-order valence-electron chi connectivity index (χ0n) is 17.0. The number of nitrogens with one attached hydrogen (secondary N) is 1. The Balaban J connectivity index is 1.72. The molecule has 5 heteroatoms. The summed E-state index contributed by atoms with van der Waals surface area (Å²) in [6, 6.07) is 17.9. The molecule has 0 radical (unpaired) electrons. The predicted molar refractivity (Wildman–Crippen MR) is 113 cm³/mol. The van der Waals surface area contributed by atoms with E-state index in [0.29, 0.717) is 17.9 Å². The van der Waals surface area contributed by atoms with Crippen molar-refractivity contribution in [3.8, 4) is 5.75 Å². The number of aliphatic hydroxyl groups is 2. The highest BCUT2D eigenvalue weighted by atomic mass is 16.5. The van der Waals surface area contributed by atoms with Gasteiger partial charge in [0, 0.05) is 5.57 Å². The summed E-state index contributed by atoms with van der Waals surface area (Å²) in [7, 11) is 1.66. The Morgan fingerprint density at radius 3 is 2.28 bits per heavy atom. The Kier molecular flexibility index (Phi) is 7.33. The molecule has 0 saturated heterocycles. The van der Waals surface area contributed by atoms with Crippen LogP contribution >= 0.6 is 0 Å². The van der Waals surface area contributed by atoms with Crippen molar-refractivity contribution in [2.75, 3.05) is 20.3 Å². The van der Waals surface area contributed by atoms with Gasteiger partial charge in [0.1, 0.15) is 18.1 Å². The topological polar surface area (TPSA) is 71.0 Å². The molecule has 0 spiro atoms. The van der Waals surface area contributed by atoms with E-state index in [0.717, 1.165) is 35.4 Å². The summed E-state index contributed by atoms with van der Waals surface area (Å²) >= 11 is 0. The van der Waals surface area contributed by atoms with Crippen LogP contribution in [-0.2, 0) is 17.8 Å². The lowest BCUT2D eigenvalue weighted by molar-refractivity contribution is 0.184. The summed E-state index contributed by atoms with van der Waals surface area (Å²) in [6.07, 6.45) is 1.65. The van der Waals surface area contributed by atoms with Crippen molar-refractivity contribution < 1.29 is 19.7 Å². The fraction of sp³-hybridized carbons (Fsp3) is 0.333. The summed E-state index contributed by atoms with van der Waals surface area (Å²) in [6.45, 7) is 2.07. The highest BCUT2D eigenvalue weighted by Crippen LogP contribution is 2.29. The molecule has 1 heterocycles. The molecule has 0 aliphatic carbocycles. The molecule has 2 aromatic carbocycles. The minimum atomic E-state index is -0.169. The maximum atomic E-state index is 10.0. The molecule has 5 nitrogen and oxygen atoms in total. The Morgan fingerprint density at radius 2 is 1.66 bits per heavy atom. The SMILES string of the molecule is COc1ccc(CCC2NC(C)=C(OCc3ccccc3)C(CO)=C2CO)cc1. The van der Waals surface area contributed by atoms with Gasteiger partial charge in [0.05, 0.1) is 32.1 Å². The summed E-state index contributed by atoms with van der Waals surface area (Å²) in [5.41, 5.74) is 4.59. The molecule has 2 aromatic rings. The summed E-state index contributed by atoms with van der Waals surface area (Å²) in [5, 5.41) is 23.5. The van der Waals surface area contributed by atoms with Crippen LogP contribution in [0, 0.1) is 0 Å². The first kappa shape index (κ1) is 21.0. The van der Waals surface area contributed by atoms with Gasteiger partial charge in [0.2, 0.25) is 0 Å². The third-order valence-electron chi connectivity index (χ3n) is 5.25. The Morgan fingerprint density at radius 1 is 0.931 bits per heavy atom. The van der Waals surface area contributed by atoms with Crippen LogP contribution in [0.1, 0.15) is 24.5 Å². The molecule has 1 aliphatic rings. The van der Waals surface area contributed by atoms with Crippen LogP contribution in [0.25, 0.3) is 0 Å². The standard InChI is InChI=1S/C24H29NO4/c1-17-24(29-16-19-6-4-3-5-7-19)22(15-27)21(14-26)23(25-17)13-10-18-8-11-20(28-2)12-9-18/h3-9,11-12,23,25-27H,10,13-16H2,1-2H3. The third-order valence-corrected chi connectivity index (χ3v) is 5.25. The molecule has 3 rings (SSSR count). The summed E-state index contributed by atoms with van der Waals surface area (Å²) in [4.78, 5) is 0. The number of hydrogen-bond donors (Lipinski definition) is 3. The van der Waals surface area contributed by atoms with Crippen molar-refractivity contribution in [3.63, 3.8) is 0 Å². The van der Waals surface area contributed by atoms with Crippen molar-refractivity contribution in [1.82, 2.24) is 5.32 Å². The van der Waals surface area contributed by atoms with Gasteiger partial charge in [0.15, 0.2) is 0 Å². The van der Waals surface area contributed by atoms with E-state index in [-0.39, 0.29) is 19.3 Å². The molecule has 1 atom stereocenters. The Labute approximate surface area is 172 Å². The first-order valence-corrected chi connectivity index (χ1v) is 9.87. The first-order chi connectivity index (χ1) is 14.2. The van der Waals surface area contributed by atoms with E-state index < -0.39 is 0 Å². The molecule has 0 saturated carbocycles. The number of hydrogen-bond acceptors (Lipinski definition) is 5. The lowest BCUT2D eigenvalue weighted by atomic mass is 9.91. The normalized spacial score (nSPS) is 16.6. The Bertz CT molecular complexity index is 856. The van der Waals surface area contributed by atoms with Gasteiger partial charge in [-0.1, -0.05) is 42.5 Å². The predicted octanol–water partition coefficient (Wildman–Crippen LogP) is 3.33. The zero-order chi connectivity index (χ0) is 20.6. The van der Waals surface area contributed by atoms with Crippen molar-refractivity contribution in [2.24, 2.45) is 0 Å². The maximum Gasteiger partial charge on any atom is 0.144 e. The van der Waals surface area contributed by atoms with E-state index in [1.54, 1.807) is 7.11 Å². The highest BCUT2D eigenvalue weighted by molar-refractivity contribution is 5.42.